The summed E-state index contributed by atoms with van der Waals surface area (Å²) < 4.78 is 20.9. The van der Waals surface area contributed by atoms with E-state index in [-0.39, 0.29) is 11.1 Å². The molecule has 192 valence electrons. The molecule has 2 saturated heterocycles. The van der Waals surface area contributed by atoms with Gasteiger partial charge in [-0.2, -0.15) is 0 Å². The van der Waals surface area contributed by atoms with Gasteiger partial charge in [0.15, 0.2) is 0 Å². The zero-order valence-electron chi connectivity index (χ0n) is 23.0. The maximum Gasteiger partial charge on any atom is 0.119 e. The van der Waals surface area contributed by atoms with Crippen molar-refractivity contribution in [3.8, 4) is 5.75 Å². The number of rotatable bonds is 5. The molecule has 0 radical (unpaired) electrons. The van der Waals surface area contributed by atoms with Crippen LogP contribution in [-0.2, 0) is 6.61 Å². The van der Waals surface area contributed by atoms with Crippen LogP contribution in [0.15, 0.2) is 48.5 Å². The number of nitrogens with one attached hydrogen (secondary N) is 1. The molecule has 2 heterocycles. The van der Waals surface area contributed by atoms with Gasteiger partial charge < -0.3 is 10.1 Å². The van der Waals surface area contributed by atoms with Gasteiger partial charge in [0.05, 0.1) is 0 Å². The number of hydrogen-bond acceptors (Lipinski definition) is 3. The predicted molar refractivity (Wildman–Crippen MR) is 144 cm³/mol. The second-order valence-corrected chi connectivity index (χ2v) is 13.6. The molecule has 2 aliphatic heterocycles. The SMILES string of the molecule is CC1(C)CC(c2ccc(OCc3ccc(C4CC(C)(C)N(F)C(C)(C)C4)cc3)cc2)CC(C)(C)N1. The Labute approximate surface area is 212 Å². The Kier molecular flexibility index (Phi) is 6.87. The summed E-state index contributed by atoms with van der Waals surface area (Å²) in [5.41, 5.74) is 3.21. The van der Waals surface area contributed by atoms with Gasteiger partial charge in [-0.05, 0) is 122 Å². The van der Waals surface area contributed by atoms with E-state index in [2.05, 4.69) is 81.5 Å². The van der Waals surface area contributed by atoms with E-state index in [1.54, 1.807) is 0 Å². The molecule has 0 aliphatic carbocycles. The molecule has 0 bridgehead atoms. The van der Waals surface area contributed by atoms with Crippen molar-refractivity contribution in [2.45, 2.75) is 122 Å². The highest BCUT2D eigenvalue weighted by Gasteiger charge is 2.46. The summed E-state index contributed by atoms with van der Waals surface area (Å²) in [4.78, 5) is 0. The average Bonchev–Trinajstić information content (AvgIpc) is 2.74. The van der Waals surface area contributed by atoms with Gasteiger partial charge in [-0.3, -0.25) is 0 Å². The van der Waals surface area contributed by atoms with Crippen molar-refractivity contribution >= 4 is 0 Å². The normalized spacial score (nSPS) is 24.3. The number of nitrogens with zero attached hydrogens (tertiary/aromatic N) is 1. The molecule has 1 N–H and O–H groups in total. The summed E-state index contributed by atoms with van der Waals surface area (Å²) >= 11 is 0. The third kappa shape index (κ3) is 6.09. The highest BCUT2D eigenvalue weighted by molar-refractivity contribution is 5.32. The molecule has 0 aromatic heterocycles. The summed E-state index contributed by atoms with van der Waals surface area (Å²) in [5, 5.41) is 4.83. The smallest absolute Gasteiger partial charge is 0.119 e. The van der Waals surface area contributed by atoms with E-state index < -0.39 is 11.1 Å². The number of benzene rings is 2. The summed E-state index contributed by atoms with van der Waals surface area (Å²) in [6, 6.07) is 17.4. The molecule has 0 spiro atoms. The quantitative estimate of drug-likeness (QED) is 0.440. The van der Waals surface area contributed by atoms with Gasteiger partial charge in [0, 0.05) is 22.2 Å². The zero-order chi connectivity index (χ0) is 25.6. The lowest BCUT2D eigenvalue weighted by Crippen LogP contribution is -2.57. The molecule has 35 heavy (non-hydrogen) atoms. The van der Waals surface area contributed by atoms with Crippen LogP contribution in [0.4, 0.5) is 4.48 Å². The van der Waals surface area contributed by atoms with Crippen molar-refractivity contribution in [1.29, 1.82) is 0 Å². The first-order valence-electron chi connectivity index (χ1n) is 13.2. The molecule has 0 atom stereocenters. The zero-order valence-corrected chi connectivity index (χ0v) is 23.0. The molecular formula is C31H45FN2O. The molecule has 2 aromatic rings. The van der Waals surface area contributed by atoms with E-state index in [0.29, 0.717) is 18.4 Å². The molecule has 2 fully saturated rings. The molecule has 3 nitrogen and oxygen atoms in total. The summed E-state index contributed by atoms with van der Waals surface area (Å²) in [5.74, 6) is 1.82. The van der Waals surface area contributed by atoms with Gasteiger partial charge in [-0.15, -0.1) is 9.60 Å². The number of halogens is 1. The number of hydrogen-bond donors (Lipinski definition) is 1. The van der Waals surface area contributed by atoms with Gasteiger partial charge in [0.1, 0.15) is 12.4 Å². The molecule has 4 rings (SSSR count). The van der Waals surface area contributed by atoms with E-state index in [4.69, 9.17) is 4.74 Å². The summed E-state index contributed by atoms with van der Waals surface area (Å²) in [7, 11) is 0. The Bertz CT molecular complexity index is 973. The van der Waals surface area contributed by atoms with Crippen LogP contribution >= 0.6 is 0 Å². The first-order valence-corrected chi connectivity index (χ1v) is 13.2. The van der Waals surface area contributed by atoms with Gasteiger partial charge in [-0.1, -0.05) is 36.4 Å². The van der Waals surface area contributed by atoms with E-state index in [9.17, 15) is 4.48 Å². The van der Waals surface area contributed by atoms with E-state index in [1.807, 2.05) is 27.7 Å². The van der Waals surface area contributed by atoms with Crippen molar-refractivity contribution in [2.24, 2.45) is 0 Å². The lowest BCUT2D eigenvalue weighted by Gasteiger charge is -2.50. The second kappa shape index (κ2) is 9.19. The van der Waals surface area contributed by atoms with Crippen LogP contribution < -0.4 is 10.1 Å². The van der Waals surface area contributed by atoms with E-state index in [1.165, 1.54) is 11.1 Å². The van der Waals surface area contributed by atoms with Gasteiger partial charge in [0.2, 0.25) is 0 Å². The fraction of sp³-hybridized carbons (Fsp3) is 0.613. The molecule has 0 unspecified atom stereocenters. The van der Waals surface area contributed by atoms with Crippen molar-refractivity contribution in [3.63, 3.8) is 0 Å². The Morgan fingerprint density at radius 3 is 1.63 bits per heavy atom. The van der Waals surface area contributed by atoms with Gasteiger partial charge in [0.25, 0.3) is 0 Å². The van der Waals surface area contributed by atoms with Crippen molar-refractivity contribution in [2.75, 3.05) is 0 Å². The van der Waals surface area contributed by atoms with Crippen molar-refractivity contribution < 1.29 is 9.22 Å². The van der Waals surface area contributed by atoms with Crippen LogP contribution in [0.1, 0.15) is 110 Å². The lowest BCUT2D eigenvalue weighted by molar-refractivity contribution is -0.173. The third-order valence-corrected chi connectivity index (χ3v) is 7.95. The minimum Gasteiger partial charge on any atom is -0.489 e. The maximum absolute atomic E-state index is 14.8. The third-order valence-electron chi connectivity index (χ3n) is 7.95. The molecule has 0 amide bonds. The van der Waals surface area contributed by atoms with Crippen molar-refractivity contribution in [3.05, 3.63) is 65.2 Å². The first-order chi connectivity index (χ1) is 16.2. The topological polar surface area (TPSA) is 24.5 Å². The van der Waals surface area contributed by atoms with Crippen LogP contribution in [0.2, 0.25) is 0 Å². The second-order valence-electron chi connectivity index (χ2n) is 13.6. The highest BCUT2D eigenvalue weighted by Crippen LogP contribution is 2.46. The summed E-state index contributed by atoms with van der Waals surface area (Å²) in [6.45, 7) is 17.8. The van der Waals surface area contributed by atoms with Gasteiger partial charge >= 0.3 is 0 Å². The minimum atomic E-state index is -0.458. The van der Waals surface area contributed by atoms with Crippen LogP contribution in [-0.4, -0.2) is 27.3 Å². The predicted octanol–water partition coefficient (Wildman–Crippen LogP) is 7.91. The molecule has 0 saturated carbocycles. The number of ether oxygens (including phenoxy) is 1. The van der Waals surface area contributed by atoms with Crippen LogP contribution in [0, 0.1) is 0 Å². The lowest BCUT2D eigenvalue weighted by atomic mass is 9.73. The minimum absolute atomic E-state index is 0.141. The monoisotopic (exact) mass is 480 g/mol. The Morgan fingerprint density at radius 2 is 1.14 bits per heavy atom. The largest absolute Gasteiger partial charge is 0.489 e. The fourth-order valence-corrected chi connectivity index (χ4v) is 6.94. The maximum atomic E-state index is 14.8. The standard InChI is InChI=1S/C31H45FN2O/c1-28(2)17-25(18-29(3,4)33-28)24-13-15-27(16-14-24)35-21-22-9-11-23(12-10-22)26-19-30(5,6)34(32)31(7,8)20-26/h9-16,25-26,33H,17-21H2,1-8H3. The van der Waals surface area contributed by atoms with Gasteiger partial charge in [-0.25, -0.2) is 0 Å². The Hall–Kier alpha value is -1.91. The average molecular weight is 481 g/mol. The first kappa shape index (κ1) is 26.2. The molecule has 2 aromatic carbocycles. The van der Waals surface area contributed by atoms with Crippen LogP contribution in [0.5, 0.6) is 5.75 Å². The fourth-order valence-electron chi connectivity index (χ4n) is 6.94. The Balaban J connectivity index is 1.36. The van der Waals surface area contributed by atoms with E-state index in [0.717, 1.165) is 42.1 Å². The molecule has 4 heteroatoms. The van der Waals surface area contributed by atoms with Crippen molar-refractivity contribution in [1.82, 2.24) is 10.4 Å². The van der Waals surface area contributed by atoms with E-state index >= 15 is 0 Å². The van der Waals surface area contributed by atoms with Crippen LogP contribution in [0.25, 0.3) is 0 Å². The highest BCUT2D eigenvalue weighted by atomic mass is 19.2. The number of piperidine rings is 2. The summed E-state index contributed by atoms with van der Waals surface area (Å²) in [6.07, 6.45) is 3.92. The molecular weight excluding hydrogens is 435 g/mol. The molecule has 2 aliphatic rings. The Morgan fingerprint density at radius 1 is 0.714 bits per heavy atom. The van der Waals surface area contributed by atoms with Crippen LogP contribution in [0.3, 0.4) is 0 Å².